The molecule has 0 saturated heterocycles. The molecule has 0 aromatic heterocycles. The fourth-order valence-electron chi connectivity index (χ4n) is 0.400. The lowest BCUT2D eigenvalue weighted by Gasteiger charge is -2.16. The van der Waals surface area contributed by atoms with Crippen LogP contribution in [0.1, 0.15) is 13.8 Å². The van der Waals surface area contributed by atoms with E-state index in [-0.39, 0.29) is 0 Å². The van der Waals surface area contributed by atoms with Crippen LogP contribution in [0.2, 0.25) is 0 Å². The standard InChI is InChI=1S/C7H13N3O3/c1-7(2,13)6(12)10-9-5(11)3-4-8/h3-4,13H,8H2,1-2H3,(H,9,11)(H,10,12)/b4-3-. The number of nitrogens with one attached hydrogen (secondary N) is 2. The quantitative estimate of drug-likeness (QED) is 0.308. The number of aliphatic hydroxyl groups is 1. The minimum Gasteiger partial charge on any atom is -0.404 e. The number of nitrogens with two attached hydrogens (primary N) is 1. The van der Waals surface area contributed by atoms with E-state index < -0.39 is 17.4 Å². The van der Waals surface area contributed by atoms with Crippen molar-refractivity contribution in [3.05, 3.63) is 12.3 Å². The van der Waals surface area contributed by atoms with Crippen molar-refractivity contribution < 1.29 is 14.7 Å². The zero-order valence-electron chi connectivity index (χ0n) is 7.50. The van der Waals surface area contributed by atoms with E-state index in [0.717, 1.165) is 12.3 Å². The second-order valence-electron chi connectivity index (χ2n) is 2.86. The van der Waals surface area contributed by atoms with E-state index in [1.54, 1.807) is 0 Å². The van der Waals surface area contributed by atoms with Crippen molar-refractivity contribution in [2.24, 2.45) is 5.73 Å². The molecule has 0 spiro atoms. The summed E-state index contributed by atoms with van der Waals surface area (Å²) in [7, 11) is 0. The fourth-order valence-corrected chi connectivity index (χ4v) is 0.400. The topological polar surface area (TPSA) is 104 Å². The molecule has 5 N–H and O–H groups in total. The molecule has 6 heteroatoms. The summed E-state index contributed by atoms with van der Waals surface area (Å²) in [5.41, 5.74) is 7.43. The van der Waals surface area contributed by atoms with Gasteiger partial charge in [-0.1, -0.05) is 0 Å². The summed E-state index contributed by atoms with van der Waals surface area (Å²) in [6.45, 7) is 2.60. The predicted octanol–water partition coefficient (Wildman–Crippen LogP) is -1.62. The predicted molar refractivity (Wildman–Crippen MR) is 45.9 cm³/mol. The van der Waals surface area contributed by atoms with Crippen LogP contribution >= 0.6 is 0 Å². The maximum atomic E-state index is 10.9. The molecule has 0 saturated carbocycles. The zero-order chi connectivity index (χ0) is 10.5. The van der Waals surface area contributed by atoms with Gasteiger partial charge in [0.1, 0.15) is 5.60 Å². The molecule has 0 aliphatic carbocycles. The molecule has 74 valence electrons. The van der Waals surface area contributed by atoms with Crippen LogP contribution < -0.4 is 16.6 Å². The van der Waals surface area contributed by atoms with E-state index in [4.69, 9.17) is 10.8 Å². The average Bonchev–Trinajstić information content (AvgIpc) is 1.99. The maximum absolute atomic E-state index is 10.9. The Labute approximate surface area is 75.8 Å². The van der Waals surface area contributed by atoms with Crippen LogP contribution in [0.3, 0.4) is 0 Å². The Morgan fingerprint density at radius 3 is 2.31 bits per heavy atom. The summed E-state index contributed by atoms with van der Waals surface area (Å²) in [6, 6.07) is 0. The first kappa shape index (κ1) is 11.4. The highest BCUT2D eigenvalue weighted by molar-refractivity contribution is 5.91. The molecule has 0 atom stereocenters. The first-order valence-electron chi connectivity index (χ1n) is 3.59. The number of rotatable bonds is 2. The van der Waals surface area contributed by atoms with Gasteiger partial charge in [0.25, 0.3) is 11.8 Å². The Hall–Kier alpha value is -1.56. The van der Waals surface area contributed by atoms with Crippen LogP contribution in [0.5, 0.6) is 0 Å². The molecular weight excluding hydrogens is 174 g/mol. The Bertz CT molecular complexity index is 230. The summed E-state index contributed by atoms with van der Waals surface area (Å²) in [5, 5.41) is 9.12. The lowest BCUT2D eigenvalue weighted by Crippen LogP contribution is -2.50. The van der Waals surface area contributed by atoms with E-state index in [1.165, 1.54) is 13.8 Å². The van der Waals surface area contributed by atoms with Crippen molar-refractivity contribution in [1.29, 1.82) is 0 Å². The Balaban J connectivity index is 3.91. The molecule has 0 rings (SSSR count). The maximum Gasteiger partial charge on any atom is 0.269 e. The van der Waals surface area contributed by atoms with Gasteiger partial charge < -0.3 is 10.8 Å². The highest BCUT2D eigenvalue weighted by atomic mass is 16.3. The Morgan fingerprint density at radius 1 is 1.38 bits per heavy atom. The normalized spacial score (nSPS) is 11.3. The van der Waals surface area contributed by atoms with Crippen molar-refractivity contribution in [3.8, 4) is 0 Å². The van der Waals surface area contributed by atoms with Crippen LogP contribution in [0, 0.1) is 0 Å². The van der Waals surface area contributed by atoms with Crippen molar-refractivity contribution in [2.45, 2.75) is 19.4 Å². The molecule has 0 bridgehead atoms. The SMILES string of the molecule is CC(C)(O)C(=O)NNC(=O)/C=C\N. The highest BCUT2D eigenvalue weighted by Crippen LogP contribution is 1.98. The summed E-state index contributed by atoms with van der Waals surface area (Å²) >= 11 is 0. The third kappa shape index (κ3) is 4.81. The van der Waals surface area contributed by atoms with Crippen molar-refractivity contribution >= 4 is 11.8 Å². The smallest absolute Gasteiger partial charge is 0.269 e. The fraction of sp³-hybridized carbons (Fsp3) is 0.429. The van der Waals surface area contributed by atoms with Gasteiger partial charge in [-0.25, -0.2) is 0 Å². The van der Waals surface area contributed by atoms with E-state index in [2.05, 4.69) is 0 Å². The average molecular weight is 187 g/mol. The van der Waals surface area contributed by atoms with E-state index >= 15 is 0 Å². The van der Waals surface area contributed by atoms with Gasteiger partial charge in [0.15, 0.2) is 0 Å². The Morgan fingerprint density at radius 2 is 1.92 bits per heavy atom. The number of carbonyl (C=O) groups excluding carboxylic acids is 2. The molecule has 0 unspecified atom stereocenters. The Kier molecular flexibility index (Phi) is 3.93. The number of hydrogen-bond donors (Lipinski definition) is 4. The molecule has 0 aromatic rings. The minimum atomic E-state index is -1.53. The molecule has 0 radical (unpaired) electrons. The largest absolute Gasteiger partial charge is 0.404 e. The van der Waals surface area contributed by atoms with Crippen molar-refractivity contribution in [2.75, 3.05) is 0 Å². The second kappa shape index (κ2) is 4.46. The van der Waals surface area contributed by atoms with Crippen molar-refractivity contribution in [1.82, 2.24) is 10.9 Å². The molecule has 0 heterocycles. The van der Waals surface area contributed by atoms with Crippen LogP contribution in [0.4, 0.5) is 0 Å². The molecule has 6 nitrogen and oxygen atoms in total. The van der Waals surface area contributed by atoms with Crippen LogP contribution in [-0.4, -0.2) is 22.5 Å². The van der Waals surface area contributed by atoms with Crippen molar-refractivity contribution in [3.63, 3.8) is 0 Å². The minimum absolute atomic E-state index is 0.569. The number of hydrazine groups is 1. The molecule has 0 aromatic carbocycles. The van der Waals surface area contributed by atoms with Gasteiger partial charge in [0, 0.05) is 6.08 Å². The third-order valence-corrected chi connectivity index (χ3v) is 1.10. The van der Waals surface area contributed by atoms with E-state index in [0.29, 0.717) is 0 Å². The second-order valence-corrected chi connectivity index (χ2v) is 2.86. The van der Waals surface area contributed by atoms with E-state index in [9.17, 15) is 9.59 Å². The number of carbonyl (C=O) groups is 2. The molecular formula is C7H13N3O3. The molecule has 13 heavy (non-hydrogen) atoms. The summed E-state index contributed by atoms with van der Waals surface area (Å²) in [5.74, 6) is -1.27. The van der Waals surface area contributed by atoms with E-state index in [1.807, 2.05) is 10.9 Å². The summed E-state index contributed by atoms with van der Waals surface area (Å²) < 4.78 is 0. The molecule has 0 aliphatic heterocycles. The third-order valence-electron chi connectivity index (χ3n) is 1.10. The highest BCUT2D eigenvalue weighted by Gasteiger charge is 2.23. The number of amides is 2. The van der Waals surface area contributed by atoms with Gasteiger partial charge in [-0.2, -0.15) is 0 Å². The molecule has 0 aliphatic rings. The van der Waals surface area contributed by atoms with Gasteiger partial charge >= 0.3 is 0 Å². The monoisotopic (exact) mass is 187 g/mol. The first-order valence-corrected chi connectivity index (χ1v) is 3.59. The van der Waals surface area contributed by atoms with Gasteiger partial charge in [-0.3, -0.25) is 20.4 Å². The van der Waals surface area contributed by atoms with Gasteiger partial charge in [-0.05, 0) is 20.0 Å². The lowest BCUT2D eigenvalue weighted by molar-refractivity contribution is -0.139. The molecule has 0 fully saturated rings. The molecule has 2 amide bonds. The summed E-state index contributed by atoms with van der Waals surface area (Å²) in [4.78, 5) is 21.6. The van der Waals surface area contributed by atoms with Crippen LogP contribution in [0.15, 0.2) is 12.3 Å². The lowest BCUT2D eigenvalue weighted by atomic mass is 10.1. The first-order chi connectivity index (χ1) is 5.88. The van der Waals surface area contributed by atoms with Gasteiger partial charge in [-0.15, -0.1) is 0 Å². The van der Waals surface area contributed by atoms with Crippen LogP contribution in [0.25, 0.3) is 0 Å². The van der Waals surface area contributed by atoms with Gasteiger partial charge in [0.2, 0.25) is 0 Å². The zero-order valence-corrected chi connectivity index (χ0v) is 7.50. The summed E-state index contributed by atoms with van der Waals surface area (Å²) in [6.07, 6.45) is 2.07. The van der Waals surface area contributed by atoms with Crippen LogP contribution in [-0.2, 0) is 9.59 Å². The van der Waals surface area contributed by atoms with Gasteiger partial charge in [0.05, 0.1) is 0 Å². The number of hydrogen-bond acceptors (Lipinski definition) is 4.